The Balaban J connectivity index is 1.68. The molecule has 0 saturated carbocycles. The predicted octanol–water partition coefficient (Wildman–Crippen LogP) is 3.23. The molecular formula is C24H26N6O3S. The maximum absolute atomic E-state index is 13.3. The van der Waals surface area contributed by atoms with Crippen LogP contribution in [0.15, 0.2) is 53.7 Å². The highest BCUT2D eigenvalue weighted by atomic mass is 32.2. The van der Waals surface area contributed by atoms with Gasteiger partial charge in [0.2, 0.25) is 0 Å². The number of aliphatic hydroxyl groups is 1. The van der Waals surface area contributed by atoms with Gasteiger partial charge in [-0.25, -0.2) is 22.4 Å². The van der Waals surface area contributed by atoms with E-state index in [0.717, 1.165) is 24.9 Å². The molecule has 0 bridgehead atoms. The van der Waals surface area contributed by atoms with Crippen LogP contribution in [-0.4, -0.2) is 56.1 Å². The zero-order valence-electron chi connectivity index (χ0n) is 19.0. The van der Waals surface area contributed by atoms with Crippen LogP contribution >= 0.6 is 0 Å². The van der Waals surface area contributed by atoms with Crippen LogP contribution in [0.2, 0.25) is 0 Å². The number of hydrogen-bond acceptors (Lipinski definition) is 7. The van der Waals surface area contributed by atoms with Gasteiger partial charge in [0.15, 0.2) is 5.65 Å². The minimum absolute atomic E-state index is 0.00307. The number of aliphatic hydroxyl groups excluding tert-OH is 1. The molecule has 3 atom stereocenters. The Kier molecular flexibility index (Phi) is 5.64. The summed E-state index contributed by atoms with van der Waals surface area (Å²) >= 11 is 0. The van der Waals surface area contributed by atoms with Gasteiger partial charge in [0.25, 0.3) is 10.0 Å². The average molecular weight is 479 g/mol. The lowest BCUT2D eigenvalue weighted by atomic mass is 10.2. The van der Waals surface area contributed by atoms with Crippen molar-refractivity contribution in [3.8, 4) is 6.07 Å². The molecule has 1 saturated heterocycles. The number of fused-ring (bicyclic) bond motifs is 3. The summed E-state index contributed by atoms with van der Waals surface area (Å²) in [7, 11) is -3.83. The van der Waals surface area contributed by atoms with Gasteiger partial charge >= 0.3 is 0 Å². The number of aromatic nitrogens is 4. The molecule has 0 spiro atoms. The van der Waals surface area contributed by atoms with Crippen molar-refractivity contribution in [2.75, 3.05) is 13.1 Å². The SMILES string of the molecule is CC[C@@H](C#N)N1CCC(n2c([C@@H](C)O)nc3cnc4c(ccn4S(=O)(=O)c4ccccc4)c32)C1. The Morgan fingerprint density at radius 3 is 2.71 bits per heavy atom. The maximum Gasteiger partial charge on any atom is 0.269 e. The van der Waals surface area contributed by atoms with E-state index in [4.69, 9.17) is 0 Å². The number of nitrogens with zero attached hydrogens (tertiary/aromatic N) is 6. The summed E-state index contributed by atoms with van der Waals surface area (Å²) in [6.07, 6.45) is 3.81. The van der Waals surface area contributed by atoms with Crippen molar-refractivity contribution in [1.29, 1.82) is 5.26 Å². The molecule has 0 amide bonds. The van der Waals surface area contributed by atoms with Crippen LogP contribution in [0.3, 0.4) is 0 Å². The molecule has 1 aliphatic heterocycles. The van der Waals surface area contributed by atoms with Gasteiger partial charge in [-0.3, -0.25) is 4.90 Å². The molecule has 9 nitrogen and oxygen atoms in total. The van der Waals surface area contributed by atoms with Crippen molar-refractivity contribution < 1.29 is 13.5 Å². The van der Waals surface area contributed by atoms with E-state index in [0.29, 0.717) is 28.9 Å². The highest BCUT2D eigenvalue weighted by Gasteiger charge is 2.33. The Bertz CT molecular complexity index is 1500. The number of benzene rings is 1. The first-order valence-corrected chi connectivity index (χ1v) is 12.8. The predicted molar refractivity (Wildman–Crippen MR) is 128 cm³/mol. The van der Waals surface area contributed by atoms with E-state index in [1.165, 1.54) is 10.2 Å². The van der Waals surface area contributed by atoms with Crippen LogP contribution in [0.25, 0.3) is 22.1 Å². The van der Waals surface area contributed by atoms with E-state index < -0.39 is 16.1 Å². The van der Waals surface area contributed by atoms with E-state index in [1.54, 1.807) is 49.5 Å². The lowest BCUT2D eigenvalue weighted by molar-refractivity contribution is 0.180. The monoisotopic (exact) mass is 478 g/mol. The molecule has 5 rings (SSSR count). The summed E-state index contributed by atoms with van der Waals surface area (Å²) < 4.78 is 29.8. The molecule has 3 aromatic heterocycles. The number of rotatable bonds is 6. The molecule has 1 fully saturated rings. The van der Waals surface area contributed by atoms with E-state index in [2.05, 4.69) is 20.9 Å². The highest BCUT2D eigenvalue weighted by Crippen LogP contribution is 2.35. The Morgan fingerprint density at radius 1 is 1.26 bits per heavy atom. The fraction of sp³-hybridized carbons (Fsp3) is 0.375. The highest BCUT2D eigenvalue weighted by molar-refractivity contribution is 7.90. The van der Waals surface area contributed by atoms with Crippen molar-refractivity contribution in [2.24, 2.45) is 0 Å². The van der Waals surface area contributed by atoms with Crippen molar-refractivity contribution in [3.05, 3.63) is 54.6 Å². The molecule has 0 aliphatic carbocycles. The lowest BCUT2D eigenvalue weighted by Crippen LogP contribution is -2.32. The van der Waals surface area contributed by atoms with Crippen LogP contribution in [0, 0.1) is 11.3 Å². The lowest BCUT2D eigenvalue weighted by Gasteiger charge is -2.22. The van der Waals surface area contributed by atoms with Gasteiger partial charge in [-0.2, -0.15) is 5.26 Å². The normalized spacial score (nSPS) is 18.9. The second-order valence-electron chi connectivity index (χ2n) is 8.67. The van der Waals surface area contributed by atoms with Crippen LogP contribution in [0.4, 0.5) is 0 Å². The molecular weight excluding hydrogens is 452 g/mol. The van der Waals surface area contributed by atoms with Gasteiger partial charge in [0.05, 0.1) is 28.7 Å². The summed E-state index contributed by atoms with van der Waals surface area (Å²) in [5.74, 6) is 0.514. The first-order chi connectivity index (χ1) is 16.4. The number of imidazole rings is 1. The van der Waals surface area contributed by atoms with Crippen molar-refractivity contribution in [3.63, 3.8) is 0 Å². The van der Waals surface area contributed by atoms with Gasteiger partial charge in [0, 0.05) is 30.7 Å². The smallest absolute Gasteiger partial charge is 0.269 e. The van der Waals surface area contributed by atoms with Crippen LogP contribution in [0.5, 0.6) is 0 Å². The molecule has 1 unspecified atom stereocenters. The van der Waals surface area contributed by atoms with Gasteiger partial charge in [-0.05, 0) is 38.0 Å². The fourth-order valence-corrected chi connectivity index (χ4v) is 6.25. The van der Waals surface area contributed by atoms with Crippen LogP contribution in [-0.2, 0) is 10.0 Å². The van der Waals surface area contributed by atoms with E-state index in [9.17, 15) is 18.8 Å². The second-order valence-corrected chi connectivity index (χ2v) is 10.5. The Morgan fingerprint density at radius 2 is 2.03 bits per heavy atom. The molecule has 34 heavy (non-hydrogen) atoms. The van der Waals surface area contributed by atoms with Gasteiger partial charge in [-0.15, -0.1) is 0 Å². The third kappa shape index (κ3) is 3.48. The maximum atomic E-state index is 13.3. The number of likely N-dealkylation sites (tertiary alicyclic amines) is 1. The quantitative estimate of drug-likeness (QED) is 0.452. The molecule has 1 aliphatic rings. The molecule has 1 N–H and O–H groups in total. The van der Waals surface area contributed by atoms with Crippen molar-refractivity contribution in [2.45, 2.75) is 49.8 Å². The van der Waals surface area contributed by atoms with E-state index in [1.807, 2.05) is 11.5 Å². The van der Waals surface area contributed by atoms with Crippen LogP contribution in [0.1, 0.15) is 44.7 Å². The summed E-state index contributed by atoms with van der Waals surface area (Å²) in [5.41, 5.74) is 1.66. The Labute approximate surface area is 197 Å². The number of nitriles is 1. The molecule has 1 aromatic carbocycles. The molecule has 10 heteroatoms. The standard InChI is InChI=1S/C24H26N6O3S/c1-3-17(13-25)28-11-9-18(15-28)30-22-20-10-12-29(34(32,33)19-7-5-4-6-8-19)24(20)26-14-21(22)27-23(30)16(2)31/h4-8,10,12,14,16-18,31H,3,9,11,15H2,1-2H3/t16-,17+,18?/m1/s1. The summed E-state index contributed by atoms with van der Waals surface area (Å²) in [5, 5.41) is 20.7. The van der Waals surface area contributed by atoms with Crippen molar-refractivity contribution in [1.82, 2.24) is 23.4 Å². The molecule has 4 heterocycles. The number of hydrogen-bond donors (Lipinski definition) is 1. The summed E-state index contributed by atoms with van der Waals surface area (Å²) in [4.78, 5) is 11.4. The minimum atomic E-state index is -3.83. The Hall–Kier alpha value is -3.26. The minimum Gasteiger partial charge on any atom is -0.385 e. The molecule has 0 radical (unpaired) electrons. The largest absolute Gasteiger partial charge is 0.385 e. The topological polar surface area (TPSA) is 117 Å². The zero-order valence-corrected chi connectivity index (χ0v) is 19.9. The fourth-order valence-electron chi connectivity index (χ4n) is 4.92. The molecule has 176 valence electrons. The van der Waals surface area contributed by atoms with Crippen LogP contribution < -0.4 is 0 Å². The van der Waals surface area contributed by atoms with Gasteiger partial charge in [-0.1, -0.05) is 25.1 Å². The second kappa shape index (κ2) is 8.51. The summed E-state index contributed by atoms with van der Waals surface area (Å²) in [6, 6.07) is 12.2. The summed E-state index contributed by atoms with van der Waals surface area (Å²) in [6.45, 7) is 5.10. The molecule has 4 aromatic rings. The number of pyridine rings is 1. The van der Waals surface area contributed by atoms with Gasteiger partial charge < -0.3 is 9.67 Å². The zero-order chi connectivity index (χ0) is 24.0. The van der Waals surface area contributed by atoms with E-state index in [-0.39, 0.29) is 17.0 Å². The first kappa shape index (κ1) is 22.5. The third-order valence-electron chi connectivity index (χ3n) is 6.57. The van der Waals surface area contributed by atoms with Crippen molar-refractivity contribution >= 4 is 32.1 Å². The first-order valence-electron chi connectivity index (χ1n) is 11.4. The average Bonchev–Trinajstić information content (AvgIpc) is 3.56. The van der Waals surface area contributed by atoms with Gasteiger partial charge in [0.1, 0.15) is 17.4 Å². The van der Waals surface area contributed by atoms with E-state index >= 15 is 0 Å². The third-order valence-corrected chi connectivity index (χ3v) is 8.25.